The number of pyridine rings is 1. The fourth-order valence-electron chi connectivity index (χ4n) is 3.88. The second kappa shape index (κ2) is 7.25. The van der Waals surface area contributed by atoms with Crippen molar-refractivity contribution in [1.29, 1.82) is 0 Å². The molecule has 9 heteroatoms. The molecule has 0 amide bonds. The first-order chi connectivity index (χ1) is 13.9. The van der Waals surface area contributed by atoms with Crippen LogP contribution in [0.4, 0.5) is 4.39 Å². The van der Waals surface area contributed by atoms with Crippen LogP contribution in [0.25, 0.3) is 16.7 Å². The van der Waals surface area contributed by atoms with Crippen molar-refractivity contribution in [1.82, 2.24) is 14.1 Å². The van der Waals surface area contributed by atoms with Gasteiger partial charge in [0.1, 0.15) is 5.82 Å². The van der Waals surface area contributed by atoms with Crippen LogP contribution < -0.4 is 17.0 Å². The van der Waals surface area contributed by atoms with Crippen LogP contribution in [0.3, 0.4) is 0 Å². The third-order valence-electron chi connectivity index (χ3n) is 5.35. The lowest BCUT2D eigenvalue weighted by Gasteiger charge is -2.27. The minimum absolute atomic E-state index is 0.0206. The molecule has 4 rings (SSSR count). The summed E-state index contributed by atoms with van der Waals surface area (Å²) in [5.41, 5.74) is 4.89. The summed E-state index contributed by atoms with van der Waals surface area (Å²) in [6.07, 6.45) is 3.37. The molecule has 1 aliphatic rings. The van der Waals surface area contributed by atoms with Crippen LogP contribution in [0.1, 0.15) is 42.1 Å². The maximum atomic E-state index is 13.9. The van der Waals surface area contributed by atoms with E-state index >= 15 is 0 Å². The van der Waals surface area contributed by atoms with E-state index < -0.39 is 23.0 Å². The number of nitrogens with two attached hydrogens (primary N) is 1. The SMILES string of the molecule is NC1CCC(n2c(=O)c3cc(F)cnc3n(-c3cccc(C(=O)O)c3)c2=O)CC1. The molecule has 1 aliphatic carbocycles. The van der Waals surface area contributed by atoms with Gasteiger partial charge in [-0.15, -0.1) is 0 Å². The number of carbonyl (C=O) groups is 1. The number of hydrogen-bond acceptors (Lipinski definition) is 5. The molecule has 0 unspecified atom stereocenters. The van der Waals surface area contributed by atoms with Gasteiger partial charge in [0.2, 0.25) is 0 Å². The number of aromatic nitrogens is 3. The lowest BCUT2D eigenvalue weighted by atomic mass is 9.91. The van der Waals surface area contributed by atoms with E-state index in [1.165, 1.54) is 18.2 Å². The van der Waals surface area contributed by atoms with Crippen LogP contribution in [-0.4, -0.2) is 31.2 Å². The van der Waals surface area contributed by atoms with E-state index in [9.17, 15) is 23.9 Å². The van der Waals surface area contributed by atoms with Gasteiger partial charge < -0.3 is 10.8 Å². The van der Waals surface area contributed by atoms with Crippen LogP contribution in [-0.2, 0) is 0 Å². The largest absolute Gasteiger partial charge is 0.478 e. The molecule has 0 radical (unpaired) electrons. The van der Waals surface area contributed by atoms with Gasteiger partial charge in [-0.3, -0.25) is 9.36 Å². The van der Waals surface area contributed by atoms with Crippen LogP contribution in [0.15, 0.2) is 46.1 Å². The molecule has 29 heavy (non-hydrogen) atoms. The van der Waals surface area contributed by atoms with E-state index in [-0.39, 0.29) is 34.4 Å². The zero-order chi connectivity index (χ0) is 20.7. The molecular formula is C20H19FN4O4. The molecule has 1 fully saturated rings. The topological polar surface area (TPSA) is 120 Å². The fraction of sp³-hybridized carbons (Fsp3) is 0.300. The smallest absolute Gasteiger partial charge is 0.337 e. The minimum Gasteiger partial charge on any atom is -0.478 e. The number of carboxylic acids is 1. The lowest BCUT2D eigenvalue weighted by molar-refractivity contribution is 0.0697. The Morgan fingerprint density at radius 2 is 1.90 bits per heavy atom. The molecule has 1 aromatic carbocycles. The second-order valence-electron chi connectivity index (χ2n) is 7.24. The van der Waals surface area contributed by atoms with Gasteiger partial charge in [-0.2, -0.15) is 0 Å². The maximum Gasteiger partial charge on any atom is 0.337 e. The monoisotopic (exact) mass is 398 g/mol. The first-order valence-corrected chi connectivity index (χ1v) is 9.29. The Hall–Kier alpha value is -3.33. The molecule has 150 valence electrons. The number of hydrogen-bond donors (Lipinski definition) is 2. The molecule has 3 aromatic rings. The Morgan fingerprint density at radius 1 is 1.17 bits per heavy atom. The molecule has 0 saturated heterocycles. The predicted molar refractivity (Wildman–Crippen MR) is 104 cm³/mol. The summed E-state index contributed by atoms with van der Waals surface area (Å²) in [7, 11) is 0. The number of carboxylic acid groups (broad SMARTS) is 1. The van der Waals surface area contributed by atoms with Crippen molar-refractivity contribution in [3.8, 4) is 5.69 Å². The second-order valence-corrected chi connectivity index (χ2v) is 7.24. The number of benzene rings is 1. The van der Waals surface area contributed by atoms with E-state index in [1.54, 1.807) is 6.07 Å². The van der Waals surface area contributed by atoms with E-state index in [0.29, 0.717) is 25.7 Å². The highest BCUT2D eigenvalue weighted by Gasteiger charge is 2.26. The summed E-state index contributed by atoms with van der Waals surface area (Å²) in [6.45, 7) is 0. The van der Waals surface area contributed by atoms with Crippen LogP contribution in [0.2, 0.25) is 0 Å². The lowest BCUT2D eigenvalue weighted by Crippen LogP contribution is -2.44. The van der Waals surface area contributed by atoms with Gasteiger partial charge in [0.15, 0.2) is 5.65 Å². The van der Waals surface area contributed by atoms with Gasteiger partial charge in [0.05, 0.1) is 22.8 Å². The van der Waals surface area contributed by atoms with Crippen LogP contribution in [0.5, 0.6) is 0 Å². The average molecular weight is 398 g/mol. The number of nitrogens with zero attached hydrogens (tertiary/aromatic N) is 3. The Labute approximate surface area is 164 Å². The highest BCUT2D eigenvalue weighted by atomic mass is 19.1. The van der Waals surface area contributed by atoms with Gasteiger partial charge >= 0.3 is 11.7 Å². The van der Waals surface area contributed by atoms with Crippen molar-refractivity contribution >= 4 is 17.0 Å². The molecule has 3 N–H and O–H groups in total. The van der Waals surface area contributed by atoms with E-state index in [4.69, 9.17) is 5.73 Å². The molecule has 0 atom stereocenters. The summed E-state index contributed by atoms with van der Waals surface area (Å²) >= 11 is 0. The Bertz CT molecular complexity index is 1230. The van der Waals surface area contributed by atoms with Crippen molar-refractivity contribution in [2.24, 2.45) is 5.73 Å². The van der Waals surface area contributed by atoms with Crippen molar-refractivity contribution in [2.75, 3.05) is 0 Å². The van der Waals surface area contributed by atoms with Crippen LogP contribution in [0, 0.1) is 5.82 Å². The predicted octanol–water partition coefficient (Wildman–Crippen LogP) is 1.83. The molecule has 0 aliphatic heterocycles. The summed E-state index contributed by atoms with van der Waals surface area (Å²) in [5.74, 6) is -1.85. The van der Waals surface area contributed by atoms with Crippen LogP contribution >= 0.6 is 0 Å². The Morgan fingerprint density at radius 3 is 2.59 bits per heavy atom. The summed E-state index contributed by atoms with van der Waals surface area (Å²) in [6, 6.07) is 6.46. The van der Waals surface area contributed by atoms with E-state index in [2.05, 4.69) is 4.98 Å². The average Bonchev–Trinajstić information content (AvgIpc) is 2.70. The Kier molecular flexibility index (Phi) is 4.75. The first-order valence-electron chi connectivity index (χ1n) is 9.29. The fourth-order valence-corrected chi connectivity index (χ4v) is 3.88. The molecule has 0 spiro atoms. The third-order valence-corrected chi connectivity index (χ3v) is 5.35. The van der Waals surface area contributed by atoms with Crippen molar-refractivity contribution in [2.45, 2.75) is 37.8 Å². The first kappa shape index (κ1) is 19.0. The third kappa shape index (κ3) is 3.33. The standard InChI is InChI=1S/C20H19FN4O4/c21-12-9-16-17(23-10-12)24(15-3-1-2-11(8-15)19(27)28)20(29)25(18(16)26)14-6-4-13(22)5-7-14/h1-3,8-10,13-14H,4-7,22H2,(H,27,28). The van der Waals surface area contributed by atoms with Crippen molar-refractivity contribution < 1.29 is 14.3 Å². The van der Waals surface area contributed by atoms with Gasteiger partial charge in [0.25, 0.3) is 5.56 Å². The highest BCUT2D eigenvalue weighted by Crippen LogP contribution is 2.26. The van der Waals surface area contributed by atoms with Gasteiger partial charge in [-0.1, -0.05) is 6.07 Å². The normalized spacial score (nSPS) is 19.4. The van der Waals surface area contributed by atoms with E-state index in [0.717, 1.165) is 21.4 Å². The molecule has 1 saturated carbocycles. The number of halogens is 1. The molecular weight excluding hydrogens is 379 g/mol. The zero-order valence-electron chi connectivity index (χ0n) is 15.4. The number of aromatic carboxylic acids is 1. The number of rotatable bonds is 3. The zero-order valence-corrected chi connectivity index (χ0v) is 15.4. The van der Waals surface area contributed by atoms with Gasteiger partial charge in [0, 0.05) is 12.1 Å². The van der Waals surface area contributed by atoms with Gasteiger partial charge in [-0.05, 0) is 49.9 Å². The summed E-state index contributed by atoms with van der Waals surface area (Å²) in [5, 5.41) is 9.24. The maximum absolute atomic E-state index is 13.9. The van der Waals surface area contributed by atoms with E-state index in [1.807, 2.05) is 0 Å². The quantitative estimate of drug-likeness (QED) is 0.694. The number of fused-ring (bicyclic) bond motifs is 1. The summed E-state index contributed by atoms with van der Waals surface area (Å²) in [4.78, 5) is 41.7. The van der Waals surface area contributed by atoms with Crippen molar-refractivity contribution in [3.05, 3.63) is 68.7 Å². The molecule has 8 nitrogen and oxygen atoms in total. The van der Waals surface area contributed by atoms with Crippen molar-refractivity contribution in [3.63, 3.8) is 0 Å². The molecule has 2 heterocycles. The minimum atomic E-state index is -1.15. The Balaban J connectivity index is 2.03. The molecule has 2 aromatic heterocycles. The molecule has 0 bridgehead atoms. The summed E-state index contributed by atoms with van der Waals surface area (Å²) < 4.78 is 16.1. The highest BCUT2D eigenvalue weighted by molar-refractivity contribution is 5.88. The van der Waals surface area contributed by atoms with Gasteiger partial charge in [-0.25, -0.2) is 23.5 Å².